The van der Waals surface area contributed by atoms with Crippen LogP contribution in [0.5, 0.6) is 5.75 Å². The molecule has 0 saturated carbocycles. The fourth-order valence-electron chi connectivity index (χ4n) is 2.00. The predicted molar refractivity (Wildman–Crippen MR) is 89.6 cm³/mol. The van der Waals surface area contributed by atoms with Gasteiger partial charge in [-0.3, -0.25) is 0 Å². The SMILES string of the molecule is COc1ccc(CCC(C)NCc2sccc2Br)cc1. The minimum absolute atomic E-state index is 0.506. The van der Waals surface area contributed by atoms with Gasteiger partial charge in [0.1, 0.15) is 5.75 Å². The van der Waals surface area contributed by atoms with Gasteiger partial charge in [-0.05, 0) is 64.8 Å². The molecule has 1 unspecified atom stereocenters. The van der Waals surface area contributed by atoms with Crippen molar-refractivity contribution in [3.05, 3.63) is 50.6 Å². The van der Waals surface area contributed by atoms with Crippen LogP contribution in [0.4, 0.5) is 0 Å². The summed E-state index contributed by atoms with van der Waals surface area (Å²) in [5.41, 5.74) is 1.36. The summed E-state index contributed by atoms with van der Waals surface area (Å²) < 4.78 is 6.38. The van der Waals surface area contributed by atoms with Crippen LogP contribution in [0.1, 0.15) is 23.8 Å². The Morgan fingerprint density at radius 2 is 2.00 bits per heavy atom. The summed E-state index contributed by atoms with van der Waals surface area (Å²) in [7, 11) is 1.70. The lowest BCUT2D eigenvalue weighted by Crippen LogP contribution is -2.25. The number of methoxy groups -OCH3 is 1. The van der Waals surface area contributed by atoms with Crippen LogP contribution >= 0.6 is 27.3 Å². The Bertz CT molecular complexity index is 524. The molecule has 0 fully saturated rings. The molecule has 1 atom stereocenters. The van der Waals surface area contributed by atoms with Crippen LogP contribution in [0.25, 0.3) is 0 Å². The van der Waals surface area contributed by atoms with Gasteiger partial charge in [0, 0.05) is 21.9 Å². The molecule has 0 amide bonds. The number of thiophene rings is 1. The van der Waals surface area contributed by atoms with Crippen LogP contribution in [-0.4, -0.2) is 13.2 Å². The normalized spacial score (nSPS) is 12.3. The molecular weight excluding hydrogens is 334 g/mol. The van der Waals surface area contributed by atoms with Crippen LogP contribution in [0, 0.1) is 0 Å². The molecule has 2 nitrogen and oxygen atoms in total. The van der Waals surface area contributed by atoms with Gasteiger partial charge in [-0.15, -0.1) is 11.3 Å². The zero-order valence-corrected chi connectivity index (χ0v) is 14.3. The van der Waals surface area contributed by atoms with Gasteiger partial charge < -0.3 is 10.1 Å². The second-order valence-corrected chi connectivity index (χ2v) is 6.72. The molecule has 1 aromatic heterocycles. The number of aryl methyl sites for hydroxylation is 1. The summed E-state index contributed by atoms with van der Waals surface area (Å²) in [4.78, 5) is 1.36. The van der Waals surface area contributed by atoms with Crippen LogP contribution in [-0.2, 0) is 13.0 Å². The Morgan fingerprint density at radius 3 is 2.60 bits per heavy atom. The van der Waals surface area contributed by atoms with Crippen molar-refractivity contribution in [1.29, 1.82) is 0 Å². The highest BCUT2D eigenvalue weighted by atomic mass is 79.9. The number of ether oxygens (including phenoxy) is 1. The maximum absolute atomic E-state index is 5.17. The maximum Gasteiger partial charge on any atom is 0.118 e. The lowest BCUT2D eigenvalue weighted by molar-refractivity contribution is 0.414. The Kier molecular flexibility index (Phi) is 6.07. The van der Waals surface area contributed by atoms with E-state index < -0.39 is 0 Å². The summed E-state index contributed by atoms with van der Waals surface area (Å²) >= 11 is 5.35. The van der Waals surface area contributed by atoms with Crippen molar-refractivity contribution in [3.8, 4) is 5.75 Å². The van der Waals surface area contributed by atoms with E-state index in [1.807, 2.05) is 12.1 Å². The van der Waals surface area contributed by atoms with Crippen LogP contribution in [0.3, 0.4) is 0 Å². The highest BCUT2D eigenvalue weighted by molar-refractivity contribution is 9.10. The van der Waals surface area contributed by atoms with Crippen LogP contribution in [0.15, 0.2) is 40.2 Å². The third-order valence-corrected chi connectivity index (χ3v) is 5.25. The van der Waals surface area contributed by atoms with Crippen molar-refractivity contribution in [2.75, 3.05) is 7.11 Å². The van der Waals surface area contributed by atoms with Gasteiger partial charge >= 0.3 is 0 Å². The van der Waals surface area contributed by atoms with Crippen molar-refractivity contribution in [3.63, 3.8) is 0 Å². The fourth-order valence-corrected chi connectivity index (χ4v) is 3.44. The van der Waals surface area contributed by atoms with Gasteiger partial charge in [0.05, 0.1) is 7.11 Å². The van der Waals surface area contributed by atoms with Crippen molar-refractivity contribution in [2.45, 2.75) is 32.4 Å². The monoisotopic (exact) mass is 353 g/mol. The first-order valence-corrected chi connectivity index (χ1v) is 8.44. The molecule has 0 bridgehead atoms. The van der Waals surface area contributed by atoms with Gasteiger partial charge in [-0.25, -0.2) is 0 Å². The van der Waals surface area contributed by atoms with Gasteiger partial charge in [0.25, 0.3) is 0 Å². The molecule has 1 aromatic carbocycles. The van der Waals surface area contributed by atoms with Crippen molar-refractivity contribution in [1.82, 2.24) is 5.32 Å². The van der Waals surface area contributed by atoms with E-state index in [0.29, 0.717) is 6.04 Å². The molecule has 108 valence electrons. The molecule has 0 spiro atoms. The third-order valence-electron chi connectivity index (χ3n) is 3.33. The first kappa shape index (κ1) is 15.5. The average molecular weight is 354 g/mol. The highest BCUT2D eigenvalue weighted by Crippen LogP contribution is 2.22. The Hall–Kier alpha value is -0.840. The number of benzene rings is 1. The zero-order valence-electron chi connectivity index (χ0n) is 11.9. The van der Waals surface area contributed by atoms with Crippen molar-refractivity contribution >= 4 is 27.3 Å². The topological polar surface area (TPSA) is 21.3 Å². The first-order valence-electron chi connectivity index (χ1n) is 6.77. The van der Waals surface area contributed by atoms with Gasteiger partial charge in [0.2, 0.25) is 0 Å². The molecule has 2 aromatic rings. The van der Waals surface area contributed by atoms with E-state index in [4.69, 9.17) is 4.74 Å². The van der Waals surface area contributed by atoms with Crippen molar-refractivity contribution < 1.29 is 4.74 Å². The molecule has 20 heavy (non-hydrogen) atoms. The van der Waals surface area contributed by atoms with E-state index in [0.717, 1.165) is 25.1 Å². The molecule has 0 aliphatic carbocycles. The van der Waals surface area contributed by atoms with E-state index in [-0.39, 0.29) is 0 Å². The Balaban J connectivity index is 1.74. The minimum atomic E-state index is 0.506. The summed E-state index contributed by atoms with van der Waals surface area (Å²) in [6, 6.07) is 10.9. The second kappa shape index (κ2) is 7.81. The number of rotatable bonds is 7. The second-order valence-electron chi connectivity index (χ2n) is 4.86. The van der Waals surface area contributed by atoms with E-state index in [2.05, 4.69) is 51.7 Å². The summed E-state index contributed by atoms with van der Waals surface area (Å²) in [6.07, 6.45) is 2.22. The lowest BCUT2D eigenvalue weighted by Gasteiger charge is -2.13. The van der Waals surface area contributed by atoms with E-state index in [1.165, 1.54) is 14.9 Å². The number of nitrogens with one attached hydrogen (secondary N) is 1. The van der Waals surface area contributed by atoms with E-state index in [1.54, 1.807) is 18.4 Å². The molecule has 4 heteroatoms. The van der Waals surface area contributed by atoms with Crippen LogP contribution < -0.4 is 10.1 Å². The minimum Gasteiger partial charge on any atom is -0.497 e. The maximum atomic E-state index is 5.17. The molecular formula is C16H20BrNOS. The highest BCUT2D eigenvalue weighted by Gasteiger charge is 2.05. The van der Waals surface area contributed by atoms with Gasteiger partial charge in [0.15, 0.2) is 0 Å². The lowest BCUT2D eigenvalue weighted by atomic mass is 10.1. The van der Waals surface area contributed by atoms with Crippen molar-refractivity contribution in [2.24, 2.45) is 0 Å². The number of hydrogen-bond donors (Lipinski definition) is 1. The Labute approximate surface area is 133 Å². The quantitative estimate of drug-likeness (QED) is 0.783. The first-order chi connectivity index (χ1) is 9.69. The molecule has 2 rings (SSSR count). The molecule has 0 saturated heterocycles. The molecule has 1 heterocycles. The smallest absolute Gasteiger partial charge is 0.118 e. The van der Waals surface area contributed by atoms with Gasteiger partial charge in [-0.1, -0.05) is 12.1 Å². The standard InChI is InChI=1S/C16H20BrNOS/c1-12(18-11-16-15(17)9-10-20-16)3-4-13-5-7-14(19-2)8-6-13/h5-10,12,18H,3-4,11H2,1-2H3. The zero-order chi connectivity index (χ0) is 14.4. The van der Waals surface area contributed by atoms with E-state index >= 15 is 0 Å². The summed E-state index contributed by atoms with van der Waals surface area (Å²) in [6.45, 7) is 3.17. The predicted octanol–water partition coefficient (Wildman–Crippen LogP) is 4.63. The summed E-state index contributed by atoms with van der Waals surface area (Å²) in [5.74, 6) is 0.919. The molecule has 1 N–H and O–H groups in total. The third kappa shape index (κ3) is 4.62. The summed E-state index contributed by atoms with van der Waals surface area (Å²) in [5, 5.41) is 5.69. The molecule has 0 aliphatic heterocycles. The number of halogens is 1. The van der Waals surface area contributed by atoms with Gasteiger partial charge in [-0.2, -0.15) is 0 Å². The molecule has 0 radical (unpaired) electrons. The van der Waals surface area contributed by atoms with E-state index in [9.17, 15) is 0 Å². The number of hydrogen-bond acceptors (Lipinski definition) is 3. The Morgan fingerprint density at radius 1 is 1.25 bits per heavy atom. The molecule has 0 aliphatic rings. The average Bonchev–Trinajstić information content (AvgIpc) is 2.89. The fraction of sp³-hybridized carbons (Fsp3) is 0.375. The largest absolute Gasteiger partial charge is 0.497 e. The van der Waals surface area contributed by atoms with Crippen LogP contribution in [0.2, 0.25) is 0 Å².